The Bertz CT molecular complexity index is 626. The fourth-order valence-electron chi connectivity index (χ4n) is 1.86. The molecule has 20 heavy (non-hydrogen) atoms. The third-order valence-corrected chi connectivity index (χ3v) is 4.19. The Morgan fingerprint density at radius 2 is 1.85 bits per heavy atom. The van der Waals surface area contributed by atoms with Crippen molar-refractivity contribution in [2.45, 2.75) is 30.4 Å². The van der Waals surface area contributed by atoms with E-state index >= 15 is 0 Å². The van der Waals surface area contributed by atoms with Crippen LogP contribution in [0.3, 0.4) is 0 Å². The molecule has 0 spiro atoms. The molecule has 2 aromatic rings. The molecule has 0 amide bonds. The molecule has 0 saturated carbocycles. The first-order chi connectivity index (χ1) is 9.60. The third-order valence-electron chi connectivity index (χ3n) is 3.10. The van der Waals surface area contributed by atoms with Crippen molar-refractivity contribution in [3.8, 4) is 6.07 Å². The van der Waals surface area contributed by atoms with E-state index in [-0.39, 0.29) is 5.56 Å². The van der Waals surface area contributed by atoms with Gasteiger partial charge in [0.2, 0.25) is 0 Å². The van der Waals surface area contributed by atoms with E-state index in [1.54, 1.807) is 23.9 Å². The van der Waals surface area contributed by atoms with Gasteiger partial charge in [-0.2, -0.15) is 5.26 Å². The molecule has 102 valence electrons. The van der Waals surface area contributed by atoms with Crippen LogP contribution in [0.25, 0.3) is 0 Å². The predicted molar refractivity (Wildman–Crippen MR) is 81.2 cm³/mol. The van der Waals surface area contributed by atoms with Gasteiger partial charge in [0.1, 0.15) is 11.9 Å². The zero-order valence-electron chi connectivity index (χ0n) is 11.6. The maximum Gasteiger partial charge on any atom is 0.140 e. The highest BCUT2D eigenvalue weighted by Gasteiger charge is 2.04. The van der Waals surface area contributed by atoms with Gasteiger partial charge in [-0.3, -0.25) is 0 Å². The van der Waals surface area contributed by atoms with E-state index in [0.29, 0.717) is 5.92 Å². The van der Waals surface area contributed by atoms with Gasteiger partial charge in [0.25, 0.3) is 0 Å². The lowest BCUT2D eigenvalue weighted by Crippen LogP contribution is -1.88. The lowest BCUT2D eigenvalue weighted by molar-refractivity contribution is 0.623. The Morgan fingerprint density at radius 1 is 1.15 bits per heavy atom. The first-order valence-electron chi connectivity index (χ1n) is 6.51. The van der Waals surface area contributed by atoms with Crippen LogP contribution in [0.4, 0.5) is 4.39 Å². The van der Waals surface area contributed by atoms with Crippen LogP contribution < -0.4 is 0 Å². The van der Waals surface area contributed by atoms with Crippen LogP contribution in [-0.2, 0) is 5.75 Å². The molecule has 0 saturated heterocycles. The number of thioether (sulfide) groups is 1. The average Bonchev–Trinajstić information content (AvgIpc) is 2.46. The highest BCUT2D eigenvalue weighted by atomic mass is 32.2. The van der Waals surface area contributed by atoms with Crippen molar-refractivity contribution in [2.24, 2.45) is 0 Å². The smallest absolute Gasteiger partial charge is 0.140 e. The first kappa shape index (κ1) is 14.6. The molecule has 0 unspecified atom stereocenters. The van der Waals surface area contributed by atoms with Crippen LogP contribution in [0.2, 0.25) is 0 Å². The number of nitrogens with zero attached hydrogens (tertiary/aromatic N) is 1. The number of hydrogen-bond donors (Lipinski definition) is 0. The zero-order valence-corrected chi connectivity index (χ0v) is 12.4. The van der Waals surface area contributed by atoms with Crippen LogP contribution in [-0.4, -0.2) is 0 Å². The molecule has 0 aliphatic rings. The van der Waals surface area contributed by atoms with Gasteiger partial charge in [0.05, 0.1) is 5.56 Å². The van der Waals surface area contributed by atoms with Crippen molar-refractivity contribution in [1.29, 1.82) is 5.26 Å². The van der Waals surface area contributed by atoms with Gasteiger partial charge in [-0.25, -0.2) is 4.39 Å². The molecule has 2 aromatic carbocycles. The molecule has 0 N–H and O–H groups in total. The number of nitriles is 1. The van der Waals surface area contributed by atoms with E-state index in [4.69, 9.17) is 5.26 Å². The second-order valence-corrected chi connectivity index (χ2v) is 5.99. The van der Waals surface area contributed by atoms with Gasteiger partial charge in [-0.15, -0.1) is 11.8 Å². The summed E-state index contributed by atoms with van der Waals surface area (Å²) in [5, 5.41) is 8.81. The predicted octanol–water partition coefficient (Wildman–Crippen LogP) is 5.11. The van der Waals surface area contributed by atoms with E-state index in [9.17, 15) is 4.39 Å². The molecular formula is C17H16FNS. The summed E-state index contributed by atoms with van der Waals surface area (Å²) >= 11 is 1.69. The molecule has 0 bridgehead atoms. The quantitative estimate of drug-likeness (QED) is 0.729. The monoisotopic (exact) mass is 285 g/mol. The summed E-state index contributed by atoms with van der Waals surface area (Å²) < 4.78 is 13.2. The second kappa shape index (κ2) is 6.58. The molecule has 0 aliphatic heterocycles. The van der Waals surface area contributed by atoms with E-state index in [1.807, 2.05) is 6.07 Å². The highest BCUT2D eigenvalue weighted by molar-refractivity contribution is 7.98. The Kier molecular flexibility index (Phi) is 4.81. The van der Waals surface area contributed by atoms with Crippen molar-refractivity contribution in [3.05, 3.63) is 65.0 Å². The van der Waals surface area contributed by atoms with E-state index in [0.717, 1.165) is 11.3 Å². The summed E-state index contributed by atoms with van der Waals surface area (Å²) in [4.78, 5) is 1.18. The fraction of sp³-hybridized carbons (Fsp3) is 0.235. The van der Waals surface area contributed by atoms with E-state index < -0.39 is 5.82 Å². The normalized spacial score (nSPS) is 10.6. The summed E-state index contributed by atoms with van der Waals surface area (Å²) in [5.41, 5.74) is 2.39. The minimum absolute atomic E-state index is 0.109. The lowest BCUT2D eigenvalue weighted by Gasteiger charge is -2.07. The summed E-state index contributed by atoms with van der Waals surface area (Å²) in [6, 6.07) is 15.1. The average molecular weight is 285 g/mol. The van der Waals surface area contributed by atoms with Crippen molar-refractivity contribution in [3.63, 3.8) is 0 Å². The van der Waals surface area contributed by atoms with Gasteiger partial charge in [-0.05, 0) is 41.3 Å². The van der Waals surface area contributed by atoms with Crippen molar-refractivity contribution >= 4 is 11.8 Å². The van der Waals surface area contributed by atoms with E-state index in [1.165, 1.54) is 16.5 Å². The minimum atomic E-state index is -0.456. The Labute approximate surface area is 123 Å². The Balaban J connectivity index is 2.03. The van der Waals surface area contributed by atoms with E-state index in [2.05, 4.69) is 38.1 Å². The topological polar surface area (TPSA) is 23.8 Å². The van der Waals surface area contributed by atoms with Crippen molar-refractivity contribution < 1.29 is 4.39 Å². The molecule has 3 heteroatoms. The third kappa shape index (κ3) is 3.61. The molecular weight excluding hydrogens is 269 g/mol. The van der Waals surface area contributed by atoms with Crippen LogP contribution in [0.5, 0.6) is 0 Å². The minimum Gasteiger partial charge on any atom is -0.206 e. The maximum absolute atomic E-state index is 13.2. The number of rotatable bonds is 4. The molecule has 0 fully saturated rings. The molecule has 2 rings (SSSR count). The summed E-state index contributed by atoms with van der Waals surface area (Å²) in [7, 11) is 0. The summed E-state index contributed by atoms with van der Waals surface area (Å²) in [5.74, 6) is 0.808. The Morgan fingerprint density at radius 3 is 2.45 bits per heavy atom. The zero-order chi connectivity index (χ0) is 14.5. The highest BCUT2D eigenvalue weighted by Crippen LogP contribution is 2.25. The molecule has 0 aliphatic carbocycles. The first-order valence-corrected chi connectivity index (χ1v) is 7.50. The summed E-state index contributed by atoms with van der Waals surface area (Å²) in [6.07, 6.45) is 0. The van der Waals surface area contributed by atoms with Crippen molar-refractivity contribution in [2.75, 3.05) is 0 Å². The fourth-order valence-corrected chi connectivity index (χ4v) is 2.70. The standard InChI is InChI=1S/C17H16FNS/c1-12(2)14-4-6-16(7-5-14)20-11-13-3-8-17(18)15(9-13)10-19/h3-9,12H,11H2,1-2H3. The van der Waals surface area contributed by atoms with Gasteiger partial charge in [0, 0.05) is 10.6 Å². The second-order valence-electron chi connectivity index (χ2n) is 4.94. The van der Waals surface area contributed by atoms with Gasteiger partial charge >= 0.3 is 0 Å². The lowest BCUT2D eigenvalue weighted by atomic mass is 10.0. The van der Waals surface area contributed by atoms with Crippen LogP contribution in [0.1, 0.15) is 36.5 Å². The van der Waals surface area contributed by atoms with Crippen molar-refractivity contribution in [1.82, 2.24) is 0 Å². The van der Waals surface area contributed by atoms with Gasteiger partial charge in [0.15, 0.2) is 0 Å². The summed E-state index contributed by atoms with van der Waals surface area (Å²) in [6.45, 7) is 4.34. The van der Waals surface area contributed by atoms with Gasteiger partial charge < -0.3 is 0 Å². The molecule has 0 atom stereocenters. The maximum atomic E-state index is 13.2. The van der Waals surface area contributed by atoms with Crippen LogP contribution in [0.15, 0.2) is 47.4 Å². The molecule has 0 aromatic heterocycles. The number of halogens is 1. The van der Waals surface area contributed by atoms with Crippen LogP contribution >= 0.6 is 11.8 Å². The molecule has 1 nitrogen and oxygen atoms in total. The number of hydrogen-bond acceptors (Lipinski definition) is 2. The largest absolute Gasteiger partial charge is 0.206 e. The SMILES string of the molecule is CC(C)c1ccc(SCc2ccc(F)c(C#N)c2)cc1. The van der Waals surface area contributed by atoms with Gasteiger partial charge in [-0.1, -0.05) is 32.0 Å². The Hall–Kier alpha value is -1.79. The molecule has 0 heterocycles. The number of benzene rings is 2. The van der Waals surface area contributed by atoms with Crippen LogP contribution in [0, 0.1) is 17.1 Å². The molecule has 0 radical (unpaired) electrons.